The minimum absolute atomic E-state index is 0.0281. The summed E-state index contributed by atoms with van der Waals surface area (Å²) in [7, 11) is 0. The standard InChI is InChI=1S/C15H22ClN3O2S/c1-10(2)5-4-6-11(3)17-15(22)18-14-9-12(19(20)21)7-8-13(14)16/h7-11H,4-6H2,1-3H3,(H2,17,18,22)/t11-/m1/s1. The van der Waals surface area contributed by atoms with Gasteiger partial charge >= 0.3 is 0 Å². The lowest BCUT2D eigenvalue weighted by atomic mass is 10.0. The topological polar surface area (TPSA) is 67.2 Å². The average Bonchev–Trinajstić information content (AvgIpc) is 2.40. The molecule has 0 amide bonds. The molecule has 22 heavy (non-hydrogen) atoms. The molecule has 2 N–H and O–H groups in total. The highest BCUT2D eigenvalue weighted by Gasteiger charge is 2.11. The lowest BCUT2D eigenvalue weighted by Gasteiger charge is -2.17. The Labute approximate surface area is 141 Å². The Hall–Kier alpha value is -1.40. The lowest BCUT2D eigenvalue weighted by molar-refractivity contribution is -0.384. The first-order valence-corrected chi connectivity index (χ1v) is 8.09. The van der Waals surface area contributed by atoms with Crippen LogP contribution in [0.3, 0.4) is 0 Å². The van der Waals surface area contributed by atoms with Crippen molar-refractivity contribution in [2.75, 3.05) is 5.32 Å². The predicted octanol–water partition coefficient (Wildman–Crippen LogP) is 4.75. The van der Waals surface area contributed by atoms with Crippen molar-refractivity contribution in [1.82, 2.24) is 5.32 Å². The second-order valence-corrected chi connectivity index (χ2v) is 6.56. The first kappa shape index (κ1) is 18.6. The third-order valence-electron chi connectivity index (χ3n) is 3.21. The minimum Gasteiger partial charge on any atom is -0.360 e. The quantitative estimate of drug-likeness (QED) is 0.425. The number of anilines is 1. The van der Waals surface area contributed by atoms with Crippen LogP contribution in [0, 0.1) is 16.0 Å². The SMILES string of the molecule is CC(C)CCC[C@@H](C)NC(=S)Nc1cc([N+](=O)[O-])ccc1Cl. The number of non-ortho nitro benzene ring substituents is 1. The fourth-order valence-electron chi connectivity index (χ4n) is 2.01. The van der Waals surface area contributed by atoms with Crippen LogP contribution < -0.4 is 10.6 Å². The molecule has 0 unspecified atom stereocenters. The molecule has 0 saturated carbocycles. The van der Waals surface area contributed by atoms with Gasteiger partial charge < -0.3 is 10.6 Å². The zero-order valence-corrected chi connectivity index (χ0v) is 14.6. The van der Waals surface area contributed by atoms with E-state index in [4.69, 9.17) is 23.8 Å². The number of halogens is 1. The number of nitrogens with zero attached hydrogens (tertiary/aromatic N) is 1. The summed E-state index contributed by atoms with van der Waals surface area (Å²) in [4.78, 5) is 10.3. The number of nitro benzene ring substituents is 1. The van der Waals surface area contributed by atoms with Gasteiger partial charge in [0.15, 0.2) is 5.11 Å². The monoisotopic (exact) mass is 343 g/mol. The van der Waals surface area contributed by atoms with Crippen molar-refractivity contribution in [3.63, 3.8) is 0 Å². The number of hydrogen-bond donors (Lipinski definition) is 2. The third kappa shape index (κ3) is 6.58. The largest absolute Gasteiger partial charge is 0.360 e. The molecule has 0 aliphatic rings. The van der Waals surface area contributed by atoms with Crippen LogP contribution in [0.25, 0.3) is 0 Å². The molecular weight excluding hydrogens is 322 g/mol. The molecule has 1 aromatic rings. The smallest absolute Gasteiger partial charge is 0.271 e. The van der Waals surface area contributed by atoms with Gasteiger partial charge in [-0.25, -0.2) is 0 Å². The van der Waals surface area contributed by atoms with E-state index in [1.54, 1.807) is 0 Å². The van der Waals surface area contributed by atoms with Crippen LogP contribution in [-0.2, 0) is 0 Å². The minimum atomic E-state index is -0.466. The van der Waals surface area contributed by atoms with E-state index < -0.39 is 4.92 Å². The Morgan fingerprint density at radius 3 is 2.64 bits per heavy atom. The fourth-order valence-corrected chi connectivity index (χ4v) is 2.49. The molecular formula is C15H22ClN3O2S. The molecule has 0 heterocycles. The summed E-state index contributed by atoms with van der Waals surface area (Å²) >= 11 is 11.3. The van der Waals surface area contributed by atoms with Gasteiger partial charge in [-0.2, -0.15) is 0 Å². The van der Waals surface area contributed by atoms with Crippen molar-refractivity contribution in [2.45, 2.75) is 46.1 Å². The van der Waals surface area contributed by atoms with E-state index in [-0.39, 0.29) is 11.7 Å². The molecule has 122 valence electrons. The number of rotatable bonds is 7. The van der Waals surface area contributed by atoms with Gasteiger partial charge in [0.05, 0.1) is 15.6 Å². The molecule has 0 radical (unpaired) electrons. The Morgan fingerprint density at radius 2 is 2.05 bits per heavy atom. The lowest BCUT2D eigenvalue weighted by Crippen LogP contribution is -2.35. The average molecular weight is 344 g/mol. The Kier molecular flexibility index (Phi) is 7.55. The molecule has 0 aromatic heterocycles. The maximum atomic E-state index is 10.8. The van der Waals surface area contributed by atoms with Gasteiger partial charge in [-0.3, -0.25) is 10.1 Å². The first-order valence-electron chi connectivity index (χ1n) is 7.31. The van der Waals surface area contributed by atoms with Crippen molar-refractivity contribution in [1.29, 1.82) is 0 Å². The summed E-state index contributed by atoms with van der Waals surface area (Å²) in [6, 6.07) is 4.45. The zero-order valence-electron chi connectivity index (χ0n) is 13.1. The summed E-state index contributed by atoms with van der Waals surface area (Å²) < 4.78 is 0. The molecule has 0 spiro atoms. The van der Waals surface area contributed by atoms with Gasteiger partial charge in [0.25, 0.3) is 5.69 Å². The number of nitrogens with one attached hydrogen (secondary N) is 2. The highest BCUT2D eigenvalue weighted by Crippen LogP contribution is 2.26. The maximum absolute atomic E-state index is 10.8. The van der Waals surface area contributed by atoms with Gasteiger partial charge in [0.1, 0.15) is 0 Å². The van der Waals surface area contributed by atoms with E-state index in [9.17, 15) is 10.1 Å². The molecule has 7 heteroatoms. The number of benzene rings is 1. The fraction of sp³-hybridized carbons (Fsp3) is 0.533. The molecule has 0 fully saturated rings. The number of thiocarbonyl (C=S) groups is 1. The summed E-state index contributed by atoms with van der Waals surface area (Å²) in [6.45, 7) is 6.46. The molecule has 1 atom stereocenters. The van der Waals surface area contributed by atoms with E-state index in [1.165, 1.54) is 24.6 Å². The highest BCUT2D eigenvalue weighted by atomic mass is 35.5. The van der Waals surface area contributed by atoms with E-state index in [0.717, 1.165) is 12.8 Å². The summed E-state index contributed by atoms with van der Waals surface area (Å²) in [6.07, 6.45) is 3.33. The molecule has 1 rings (SSSR count). The van der Waals surface area contributed by atoms with Crippen LogP contribution in [0.2, 0.25) is 5.02 Å². The highest BCUT2D eigenvalue weighted by molar-refractivity contribution is 7.80. The first-order chi connectivity index (χ1) is 10.3. The molecule has 0 saturated heterocycles. The zero-order chi connectivity index (χ0) is 16.7. The molecule has 5 nitrogen and oxygen atoms in total. The van der Waals surface area contributed by atoms with Crippen LogP contribution in [0.1, 0.15) is 40.0 Å². The van der Waals surface area contributed by atoms with Gasteiger partial charge in [0.2, 0.25) is 0 Å². The molecule has 0 aliphatic heterocycles. The van der Waals surface area contributed by atoms with Crippen molar-refractivity contribution in [3.05, 3.63) is 33.3 Å². The van der Waals surface area contributed by atoms with E-state index in [0.29, 0.717) is 21.7 Å². The van der Waals surface area contributed by atoms with Crippen molar-refractivity contribution in [3.8, 4) is 0 Å². The van der Waals surface area contributed by atoms with E-state index in [1.807, 2.05) is 0 Å². The van der Waals surface area contributed by atoms with Crippen LogP contribution in [0.4, 0.5) is 11.4 Å². The Balaban J connectivity index is 2.54. The molecule has 0 aliphatic carbocycles. The number of nitro groups is 1. The Morgan fingerprint density at radius 1 is 1.36 bits per heavy atom. The summed E-state index contributed by atoms with van der Waals surface area (Å²) in [5.74, 6) is 0.695. The van der Waals surface area contributed by atoms with Gasteiger partial charge in [-0.1, -0.05) is 38.3 Å². The van der Waals surface area contributed by atoms with Gasteiger partial charge in [-0.05, 0) is 37.5 Å². The van der Waals surface area contributed by atoms with Crippen molar-refractivity contribution in [2.24, 2.45) is 5.92 Å². The van der Waals surface area contributed by atoms with E-state index >= 15 is 0 Å². The summed E-state index contributed by atoms with van der Waals surface area (Å²) in [5.41, 5.74) is 0.405. The molecule has 1 aromatic carbocycles. The van der Waals surface area contributed by atoms with Gasteiger partial charge in [-0.15, -0.1) is 0 Å². The summed E-state index contributed by atoms with van der Waals surface area (Å²) in [5, 5.41) is 17.7. The maximum Gasteiger partial charge on any atom is 0.271 e. The second-order valence-electron chi connectivity index (χ2n) is 5.75. The van der Waals surface area contributed by atoms with Gasteiger partial charge in [0, 0.05) is 18.2 Å². The number of hydrogen-bond acceptors (Lipinski definition) is 3. The van der Waals surface area contributed by atoms with Crippen LogP contribution >= 0.6 is 23.8 Å². The molecule has 0 bridgehead atoms. The van der Waals surface area contributed by atoms with E-state index in [2.05, 4.69) is 31.4 Å². The Bertz CT molecular complexity index is 538. The van der Waals surface area contributed by atoms with Crippen LogP contribution in [-0.4, -0.2) is 16.1 Å². The predicted molar refractivity (Wildman–Crippen MR) is 95.6 cm³/mol. The van der Waals surface area contributed by atoms with Crippen molar-refractivity contribution >= 4 is 40.3 Å². The third-order valence-corrected chi connectivity index (χ3v) is 3.75. The van der Waals surface area contributed by atoms with Crippen LogP contribution in [0.5, 0.6) is 0 Å². The van der Waals surface area contributed by atoms with Crippen LogP contribution in [0.15, 0.2) is 18.2 Å². The van der Waals surface area contributed by atoms with Crippen molar-refractivity contribution < 1.29 is 4.92 Å². The normalized spacial score (nSPS) is 12.0. The second kappa shape index (κ2) is 8.90.